The van der Waals surface area contributed by atoms with E-state index in [2.05, 4.69) is 5.32 Å². The van der Waals surface area contributed by atoms with Crippen molar-refractivity contribution in [2.45, 2.75) is 32.7 Å². The summed E-state index contributed by atoms with van der Waals surface area (Å²) in [6.45, 7) is 4.01. The summed E-state index contributed by atoms with van der Waals surface area (Å²) in [5.74, 6) is -0.561. The number of hydrogen-bond donors (Lipinski definition) is 3. The number of nitrogens with two attached hydrogens (primary N) is 2. The lowest BCUT2D eigenvalue weighted by Crippen LogP contribution is -2.20. The van der Waals surface area contributed by atoms with E-state index < -0.39 is 11.9 Å². The first-order chi connectivity index (χ1) is 9.45. The van der Waals surface area contributed by atoms with Crippen molar-refractivity contribution in [1.82, 2.24) is 0 Å². The lowest BCUT2D eigenvalue weighted by molar-refractivity contribution is 0.0533. The zero-order chi connectivity index (χ0) is 14.9. The molecule has 1 aromatic heterocycles. The van der Waals surface area contributed by atoms with E-state index in [9.17, 15) is 9.59 Å². The molecule has 2 rings (SSSR count). The van der Waals surface area contributed by atoms with E-state index in [0.717, 1.165) is 11.3 Å². The largest absolute Gasteiger partial charge is 0.462 e. The SMILES string of the molecule is CCOC(=O)c1sc(NC(C)C2CC2)c(C(N)=O)c1N. The predicted molar refractivity (Wildman–Crippen MR) is 79.0 cm³/mol. The number of rotatable bonds is 6. The van der Waals surface area contributed by atoms with E-state index in [-0.39, 0.29) is 28.8 Å². The van der Waals surface area contributed by atoms with Crippen molar-refractivity contribution in [1.29, 1.82) is 0 Å². The van der Waals surface area contributed by atoms with Crippen molar-refractivity contribution in [2.75, 3.05) is 17.7 Å². The summed E-state index contributed by atoms with van der Waals surface area (Å²) < 4.78 is 4.93. The van der Waals surface area contributed by atoms with Gasteiger partial charge in [0.05, 0.1) is 17.9 Å². The molecule has 0 spiro atoms. The third-order valence-electron chi connectivity index (χ3n) is 3.34. The number of nitrogens with one attached hydrogen (secondary N) is 1. The maximum absolute atomic E-state index is 11.8. The van der Waals surface area contributed by atoms with Crippen LogP contribution in [0.25, 0.3) is 0 Å². The molecule has 6 nitrogen and oxygen atoms in total. The summed E-state index contributed by atoms with van der Waals surface area (Å²) in [6, 6.07) is 0.223. The average molecular weight is 297 g/mol. The first-order valence-corrected chi connectivity index (χ1v) is 7.43. The molecule has 110 valence electrons. The second-order valence-corrected chi connectivity index (χ2v) is 5.92. The van der Waals surface area contributed by atoms with Crippen LogP contribution in [0, 0.1) is 5.92 Å². The van der Waals surface area contributed by atoms with Crippen LogP contribution in [0.4, 0.5) is 10.7 Å². The zero-order valence-electron chi connectivity index (χ0n) is 11.6. The summed E-state index contributed by atoms with van der Waals surface area (Å²) in [7, 11) is 0. The number of ether oxygens (including phenoxy) is 1. The molecule has 0 aliphatic heterocycles. The van der Waals surface area contributed by atoms with Gasteiger partial charge in [0.1, 0.15) is 9.88 Å². The number of carbonyl (C=O) groups is 2. The Labute approximate surface area is 121 Å². The summed E-state index contributed by atoms with van der Waals surface area (Å²) >= 11 is 1.12. The van der Waals surface area contributed by atoms with Crippen LogP contribution >= 0.6 is 11.3 Å². The van der Waals surface area contributed by atoms with Gasteiger partial charge in [-0.1, -0.05) is 0 Å². The highest BCUT2D eigenvalue weighted by Crippen LogP contribution is 2.39. The van der Waals surface area contributed by atoms with Gasteiger partial charge < -0.3 is 21.5 Å². The van der Waals surface area contributed by atoms with E-state index in [1.54, 1.807) is 6.92 Å². The van der Waals surface area contributed by atoms with E-state index in [0.29, 0.717) is 10.9 Å². The molecule has 0 saturated heterocycles. The van der Waals surface area contributed by atoms with E-state index in [1.165, 1.54) is 12.8 Å². The third kappa shape index (κ3) is 2.87. The standard InChI is InChI=1S/C13H19N3O3S/c1-3-19-13(18)10-9(14)8(11(15)17)12(20-10)16-6(2)7-4-5-7/h6-7,16H,3-5,14H2,1-2H3,(H2,15,17). The minimum Gasteiger partial charge on any atom is -0.462 e. The average Bonchev–Trinajstić information content (AvgIpc) is 3.15. The highest BCUT2D eigenvalue weighted by atomic mass is 32.1. The highest BCUT2D eigenvalue weighted by Gasteiger charge is 2.31. The Morgan fingerprint density at radius 1 is 1.50 bits per heavy atom. The first kappa shape index (κ1) is 14.6. The normalized spacial score (nSPS) is 15.7. The van der Waals surface area contributed by atoms with Gasteiger partial charge in [-0.15, -0.1) is 11.3 Å². The lowest BCUT2D eigenvalue weighted by atomic mass is 10.2. The van der Waals surface area contributed by atoms with Gasteiger partial charge in [-0.3, -0.25) is 4.79 Å². The van der Waals surface area contributed by atoms with Gasteiger partial charge in [0.15, 0.2) is 0 Å². The first-order valence-electron chi connectivity index (χ1n) is 6.61. The van der Waals surface area contributed by atoms with Crippen molar-refractivity contribution in [2.24, 2.45) is 11.7 Å². The Morgan fingerprint density at radius 2 is 2.15 bits per heavy atom. The Bertz CT molecular complexity index is 537. The third-order valence-corrected chi connectivity index (χ3v) is 4.46. The number of hydrogen-bond acceptors (Lipinski definition) is 6. The van der Waals surface area contributed by atoms with Crippen LogP contribution in [0.1, 0.15) is 46.7 Å². The summed E-state index contributed by atoms with van der Waals surface area (Å²) in [5.41, 5.74) is 11.5. The smallest absolute Gasteiger partial charge is 0.350 e. The van der Waals surface area contributed by atoms with Crippen LogP contribution in [0.5, 0.6) is 0 Å². The second-order valence-electron chi connectivity index (χ2n) is 4.90. The number of nitrogen functional groups attached to an aromatic ring is 1. The molecule has 5 N–H and O–H groups in total. The summed E-state index contributed by atoms with van der Waals surface area (Å²) in [5, 5.41) is 3.80. The minimum atomic E-state index is -0.639. The van der Waals surface area contributed by atoms with Gasteiger partial charge in [0.25, 0.3) is 5.91 Å². The van der Waals surface area contributed by atoms with Gasteiger partial charge in [-0.2, -0.15) is 0 Å². The molecule has 1 unspecified atom stereocenters. The second kappa shape index (κ2) is 5.70. The van der Waals surface area contributed by atoms with Gasteiger partial charge >= 0.3 is 5.97 Å². The predicted octanol–water partition coefficient (Wildman–Crippen LogP) is 1.82. The number of anilines is 2. The fourth-order valence-corrected chi connectivity index (χ4v) is 3.18. The number of primary amides is 1. The minimum absolute atomic E-state index is 0.103. The van der Waals surface area contributed by atoms with Crippen LogP contribution in [0.2, 0.25) is 0 Å². The van der Waals surface area contributed by atoms with Crippen molar-refractivity contribution in [3.05, 3.63) is 10.4 Å². The van der Waals surface area contributed by atoms with Crippen LogP contribution in [0.15, 0.2) is 0 Å². The molecule has 0 radical (unpaired) electrons. The fraction of sp³-hybridized carbons (Fsp3) is 0.538. The van der Waals surface area contributed by atoms with Crippen molar-refractivity contribution < 1.29 is 14.3 Å². The van der Waals surface area contributed by atoms with Crippen LogP contribution in [-0.4, -0.2) is 24.5 Å². The molecule has 1 saturated carbocycles. The molecule has 7 heteroatoms. The van der Waals surface area contributed by atoms with Gasteiger partial charge in [-0.05, 0) is 32.6 Å². The maximum Gasteiger partial charge on any atom is 0.350 e. The molecule has 0 bridgehead atoms. The molecule has 0 aromatic carbocycles. The van der Waals surface area contributed by atoms with Crippen molar-refractivity contribution >= 4 is 33.9 Å². The van der Waals surface area contributed by atoms with Gasteiger partial charge in [0, 0.05) is 6.04 Å². The quantitative estimate of drug-likeness (QED) is 0.694. The molecular formula is C13H19N3O3S. The Kier molecular flexibility index (Phi) is 4.17. The molecular weight excluding hydrogens is 278 g/mol. The molecule has 1 atom stereocenters. The van der Waals surface area contributed by atoms with Crippen LogP contribution in [0.3, 0.4) is 0 Å². The number of esters is 1. The molecule has 20 heavy (non-hydrogen) atoms. The Balaban J connectivity index is 2.31. The number of carbonyl (C=O) groups excluding carboxylic acids is 2. The van der Waals surface area contributed by atoms with Crippen LogP contribution in [-0.2, 0) is 4.74 Å². The fourth-order valence-electron chi connectivity index (χ4n) is 2.06. The maximum atomic E-state index is 11.8. The molecule has 1 aliphatic carbocycles. The zero-order valence-corrected chi connectivity index (χ0v) is 12.4. The van der Waals surface area contributed by atoms with E-state index in [4.69, 9.17) is 16.2 Å². The number of thiophene rings is 1. The lowest BCUT2D eigenvalue weighted by Gasteiger charge is -2.13. The van der Waals surface area contributed by atoms with Gasteiger partial charge in [0.2, 0.25) is 0 Å². The van der Waals surface area contributed by atoms with E-state index >= 15 is 0 Å². The van der Waals surface area contributed by atoms with Crippen molar-refractivity contribution in [3.8, 4) is 0 Å². The highest BCUT2D eigenvalue weighted by molar-refractivity contribution is 7.19. The summed E-state index contributed by atoms with van der Waals surface area (Å²) in [6.07, 6.45) is 2.34. The topological polar surface area (TPSA) is 107 Å². The molecule has 1 fully saturated rings. The molecule has 1 aromatic rings. The number of amides is 1. The molecule has 1 aliphatic rings. The molecule has 1 heterocycles. The van der Waals surface area contributed by atoms with Crippen LogP contribution < -0.4 is 16.8 Å². The van der Waals surface area contributed by atoms with Crippen molar-refractivity contribution in [3.63, 3.8) is 0 Å². The molecule has 1 amide bonds. The Hall–Kier alpha value is -1.76. The van der Waals surface area contributed by atoms with Gasteiger partial charge in [-0.25, -0.2) is 4.79 Å². The monoisotopic (exact) mass is 297 g/mol. The Morgan fingerprint density at radius 3 is 2.65 bits per heavy atom. The van der Waals surface area contributed by atoms with E-state index in [1.807, 2.05) is 6.92 Å². The summed E-state index contributed by atoms with van der Waals surface area (Å²) in [4.78, 5) is 23.6.